The van der Waals surface area contributed by atoms with Gasteiger partial charge in [0.05, 0.1) is 6.26 Å². The summed E-state index contributed by atoms with van der Waals surface area (Å²) in [7, 11) is -1.49. The van der Waals surface area contributed by atoms with Gasteiger partial charge in [-0.25, -0.2) is 22.7 Å². The number of nitrogens with one attached hydrogen (secondary N) is 1. The van der Waals surface area contributed by atoms with Crippen LogP contribution in [0.1, 0.15) is 47.3 Å². The van der Waals surface area contributed by atoms with Gasteiger partial charge < -0.3 is 15.1 Å². The Labute approximate surface area is 218 Å². The molecule has 0 spiro atoms. The Morgan fingerprint density at radius 1 is 1.08 bits per heavy atom. The van der Waals surface area contributed by atoms with Crippen molar-refractivity contribution < 1.29 is 13.2 Å². The number of rotatable bonds is 7. The Kier molecular flexibility index (Phi) is 8.49. The standard InChI is InChI=1S/C25H35ClN6O3S/c1-18-23(28-17-29-24(18)27-16-19-4-6-20(26)7-5-19)25(33)32-14-10-22(11-15-32)31-12-8-21(9-13-31)30(2)36(3,34)35/h4-7,17,21-22H,8-16H2,1-3H3,(H,27,28,29). The zero-order valence-electron chi connectivity index (χ0n) is 21.2. The van der Waals surface area contributed by atoms with Crippen LogP contribution in [0.5, 0.6) is 0 Å². The second kappa shape index (κ2) is 11.4. The van der Waals surface area contributed by atoms with E-state index in [1.165, 1.54) is 16.9 Å². The van der Waals surface area contributed by atoms with Gasteiger partial charge in [0.1, 0.15) is 17.8 Å². The molecule has 0 unspecified atom stereocenters. The molecule has 2 aliphatic rings. The van der Waals surface area contributed by atoms with Crippen LogP contribution in [0.4, 0.5) is 5.82 Å². The van der Waals surface area contributed by atoms with Gasteiger partial charge in [0.25, 0.3) is 5.91 Å². The molecule has 2 fully saturated rings. The number of amides is 1. The normalized spacial score (nSPS) is 18.5. The summed E-state index contributed by atoms with van der Waals surface area (Å²) in [6.07, 6.45) is 6.20. The number of halogens is 1. The highest BCUT2D eigenvalue weighted by Gasteiger charge is 2.33. The quantitative estimate of drug-likeness (QED) is 0.583. The highest BCUT2D eigenvalue weighted by atomic mass is 35.5. The van der Waals surface area contributed by atoms with Crippen LogP contribution in [-0.4, -0.2) is 90.0 Å². The van der Waals surface area contributed by atoms with E-state index in [-0.39, 0.29) is 11.9 Å². The van der Waals surface area contributed by atoms with E-state index in [2.05, 4.69) is 20.2 Å². The number of hydrogen-bond acceptors (Lipinski definition) is 7. The van der Waals surface area contributed by atoms with Crippen LogP contribution in [0.2, 0.25) is 5.02 Å². The largest absolute Gasteiger partial charge is 0.366 e. The molecule has 1 aromatic heterocycles. The SMILES string of the molecule is Cc1c(NCc2ccc(Cl)cc2)ncnc1C(=O)N1CCC(N2CCC(N(C)S(C)(=O)=O)CC2)CC1. The highest BCUT2D eigenvalue weighted by Crippen LogP contribution is 2.25. The van der Waals surface area contributed by atoms with E-state index in [1.807, 2.05) is 36.1 Å². The van der Waals surface area contributed by atoms with Gasteiger partial charge >= 0.3 is 0 Å². The number of carbonyl (C=O) groups is 1. The first-order chi connectivity index (χ1) is 17.1. The van der Waals surface area contributed by atoms with E-state index >= 15 is 0 Å². The van der Waals surface area contributed by atoms with Gasteiger partial charge in [-0.05, 0) is 63.4 Å². The lowest BCUT2D eigenvalue weighted by atomic mass is 9.97. The third-order valence-electron chi connectivity index (χ3n) is 7.46. The monoisotopic (exact) mass is 534 g/mol. The van der Waals surface area contributed by atoms with Gasteiger partial charge in [-0.3, -0.25) is 4.79 Å². The summed E-state index contributed by atoms with van der Waals surface area (Å²) < 4.78 is 25.2. The van der Waals surface area contributed by atoms with Crippen molar-refractivity contribution in [3.05, 3.63) is 52.4 Å². The average molecular weight is 535 g/mol. The van der Waals surface area contributed by atoms with Crippen molar-refractivity contribution in [1.29, 1.82) is 0 Å². The number of carbonyl (C=O) groups excluding carboxylic acids is 1. The molecule has 0 atom stereocenters. The highest BCUT2D eigenvalue weighted by molar-refractivity contribution is 7.88. The molecule has 2 aliphatic heterocycles. The van der Waals surface area contributed by atoms with E-state index in [1.54, 1.807) is 7.05 Å². The minimum absolute atomic E-state index is 0.0589. The lowest BCUT2D eigenvalue weighted by Crippen LogP contribution is -2.52. The molecule has 0 bridgehead atoms. The van der Waals surface area contributed by atoms with Crippen LogP contribution < -0.4 is 5.32 Å². The maximum Gasteiger partial charge on any atom is 0.272 e. The molecule has 1 aromatic carbocycles. The molecule has 4 rings (SSSR count). The molecule has 2 saturated heterocycles. The molecule has 9 nitrogen and oxygen atoms in total. The molecule has 0 radical (unpaired) electrons. The van der Waals surface area contributed by atoms with E-state index in [4.69, 9.17) is 11.6 Å². The summed E-state index contributed by atoms with van der Waals surface area (Å²) in [6, 6.07) is 8.09. The van der Waals surface area contributed by atoms with Crippen LogP contribution in [0.15, 0.2) is 30.6 Å². The van der Waals surface area contributed by atoms with Crippen molar-refractivity contribution in [2.45, 2.75) is 51.2 Å². The van der Waals surface area contributed by atoms with E-state index < -0.39 is 10.0 Å². The van der Waals surface area contributed by atoms with Crippen LogP contribution in [0, 0.1) is 6.92 Å². The third kappa shape index (κ3) is 6.34. The number of aromatic nitrogens is 2. The topological polar surface area (TPSA) is 98.7 Å². The lowest BCUT2D eigenvalue weighted by Gasteiger charge is -2.43. The van der Waals surface area contributed by atoms with Gasteiger partial charge in [-0.2, -0.15) is 0 Å². The predicted octanol–water partition coefficient (Wildman–Crippen LogP) is 3.01. The molecule has 3 heterocycles. The Balaban J connectivity index is 1.30. The number of likely N-dealkylation sites (tertiary alicyclic amines) is 2. The fourth-order valence-electron chi connectivity index (χ4n) is 5.10. The zero-order valence-corrected chi connectivity index (χ0v) is 22.7. The second-order valence-electron chi connectivity index (χ2n) is 9.75. The summed E-state index contributed by atoms with van der Waals surface area (Å²) >= 11 is 5.96. The van der Waals surface area contributed by atoms with Crippen molar-refractivity contribution in [2.75, 3.05) is 44.8 Å². The second-order valence-corrected chi connectivity index (χ2v) is 12.2. The molecule has 36 heavy (non-hydrogen) atoms. The van der Waals surface area contributed by atoms with Gasteiger partial charge in [0.15, 0.2) is 0 Å². The van der Waals surface area contributed by atoms with Gasteiger partial charge in [-0.15, -0.1) is 0 Å². The summed E-state index contributed by atoms with van der Waals surface area (Å²) in [6.45, 7) is 5.59. The van der Waals surface area contributed by atoms with E-state index in [0.717, 1.165) is 49.9 Å². The minimum atomic E-state index is -3.16. The summed E-state index contributed by atoms with van der Waals surface area (Å²) in [5, 5.41) is 4.00. The number of nitrogens with zero attached hydrogens (tertiary/aromatic N) is 5. The van der Waals surface area contributed by atoms with Crippen LogP contribution in [0.3, 0.4) is 0 Å². The van der Waals surface area contributed by atoms with E-state index in [9.17, 15) is 13.2 Å². The Hall–Kier alpha value is -2.27. The zero-order chi connectivity index (χ0) is 25.9. The van der Waals surface area contributed by atoms with E-state index in [0.29, 0.717) is 42.2 Å². The number of benzene rings is 1. The molecule has 11 heteroatoms. The number of hydrogen-bond donors (Lipinski definition) is 1. The first-order valence-corrected chi connectivity index (χ1v) is 14.6. The van der Waals surface area contributed by atoms with Gasteiger partial charge in [0.2, 0.25) is 10.0 Å². The molecular formula is C25H35ClN6O3S. The Morgan fingerprint density at radius 2 is 1.72 bits per heavy atom. The van der Waals surface area contributed by atoms with Crippen LogP contribution in [0.25, 0.3) is 0 Å². The maximum absolute atomic E-state index is 13.3. The lowest BCUT2D eigenvalue weighted by molar-refractivity contribution is 0.0542. The number of piperidine rings is 2. The van der Waals surface area contributed by atoms with Crippen molar-refractivity contribution in [3.8, 4) is 0 Å². The minimum Gasteiger partial charge on any atom is -0.366 e. The van der Waals surface area contributed by atoms with Crippen LogP contribution >= 0.6 is 11.6 Å². The molecule has 196 valence electrons. The van der Waals surface area contributed by atoms with Crippen molar-refractivity contribution >= 4 is 33.3 Å². The van der Waals surface area contributed by atoms with Gasteiger partial charge in [0, 0.05) is 49.4 Å². The number of sulfonamides is 1. The Morgan fingerprint density at radius 3 is 2.33 bits per heavy atom. The third-order valence-corrected chi connectivity index (χ3v) is 9.06. The molecule has 0 saturated carbocycles. The molecule has 2 aromatic rings. The summed E-state index contributed by atoms with van der Waals surface area (Å²) in [5.41, 5.74) is 2.25. The van der Waals surface area contributed by atoms with Crippen LogP contribution in [-0.2, 0) is 16.6 Å². The van der Waals surface area contributed by atoms with Gasteiger partial charge in [-0.1, -0.05) is 23.7 Å². The summed E-state index contributed by atoms with van der Waals surface area (Å²) in [4.78, 5) is 26.3. The number of anilines is 1. The van der Waals surface area contributed by atoms with Crippen molar-refractivity contribution in [3.63, 3.8) is 0 Å². The predicted molar refractivity (Wildman–Crippen MR) is 142 cm³/mol. The molecular weight excluding hydrogens is 500 g/mol. The molecule has 0 aliphatic carbocycles. The smallest absolute Gasteiger partial charge is 0.272 e. The average Bonchev–Trinajstić information content (AvgIpc) is 2.88. The Bertz CT molecular complexity index is 1160. The molecule has 1 amide bonds. The summed E-state index contributed by atoms with van der Waals surface area (Å²) in [5.74, 6) is 0.594. The van der Waals surface area contributed by atoms with Crippen molar-refractivity contribution in [1.82, 2.24) is 24.1 Å². The fourth-order valence-corrected chi connectivity index (χ4v) is 5.98. The molecule has 1 N–H and O–H groups in total. The fraction of sp³-hybridized carbons (Fsp3) is 0.560. The first-order valence-electron chi connectivity index (χ1n) is 12.4. The first kappa shape index (κ1) is 26.8. The maximum atomic E-state index is 13.3. The van der Waals surface area contributed by atoms with Crippen molar-refractivity contribution in [2.24, 2.45) is 0 Å².